The van der Waals surface area contributed by atoms with Crippen molar-refractivity contribution in [1.29, 1.82) is 0 Å². The lowest BCUT2D eigenvalue weighted by Gasteiger charge is -2.26. The van der Waals surface area contributed by atoms with Crippen molar-refractivity contribution >= 4 is 0 Å². The monoisotopic (exact) mass is 224 g/mol. The van der Waals surface area contributed by atoms with E-state index in [0.717, 1.165) is 19.3 Å². The Bertz CT molecular complexity index is 190. The van der Waals surface area contributed by atoms with E-state index in [1.807, 2.05) is 6.92 Å². The first kappa shape index (κ1) is 12.8. The molecule has 0 radical (unpaired) electrons. The zero-order valence-electron chi connectivity index (χ0n) is 9.06. The third-order valence-corrected chi connectivity index (χ3v) is 2.64. The maximum Gasteiger partial charge on any atom is 0.401 e. The third-order valence-electron chi connectivity index (χ3n) is 2.64. The second-order valence-electron chi connectivity index (χ2n) is 4.35. The van der Waals surface area contributed by atoms with Gasteiger partial charge in [0.25, 0.3) is 0 Å². The molecular weight excluding hydrogens is 205 g/mol. The van der Waals surface area contributed by atoms with Crippen LogP contribution < -0.4 is 5.73 Å². The van der Waals surface area contributed by atoms with Gasteiger partial charge in [0.15, 0.2) is 0 Å². The Morgan fingerprint density at radius 1 is 1.40 bits per heavy atom. The van der Waals surface area contributed by atoms with Gasteiger partial charge in [0.05, 0.1) is 6.54 Å². The van der Waals surface area contributed by atoms with Gasteiger partial charge in [0.1, 0.15) is 0 Å². The molecule has 5 heteroatoms. The topological polar surface area (TPSA) is 29.3 Å². The molecular formula is C10H19F3N2. The van der Waals surface area contributed by atoms with E-state index in [0.29, 0.717) is 19.0 Å². The Balaban J connectivity index is 2.34. The van der Waals surface area contributed by atoms with Gasteiger partial charge in [-0.1, -0.05) is 6.92 Å². The molecule has 0 aliphatic heterocycles. The lowest BCUT2D eigenvalue weighted by molar-refractivity contribution is -0.146. The van der Waals surface area contributed by atoms with Gasteiger partial charge in [0, 0.05) is 12.6 Å². The number of nitrogens with two attached hydrogens (primary N) is 1. The molecule has 1 saturated carbocycles. The molecule has 2 nitrogen and oxygen atoms in total. The molecule has 0 aromatic heterocycles. The SMILES string of the molecule is CCCN(CC(N)C1CC1)CC(F)(F)F. The molecule has 2 N–H and O–H groups in total. The van der Waals surface area contributed by atoms with E-state index in [4.69, 9.17) is 5.73 Å². The fraction of sp³-hybridized carbons (Fsp3) is 1.00. The third kappa shape index (κ3) is 5.37. The quantitative estimate of drug-likeness (QED) is 0.747. The fourth-order valence-electron chi connectivity index (χ4n) is 1.78. The van der Waals surface area contributed by atoms with Gasteiger partial charge in [-0.25, -0.2) is 0 Å². The van der Waals surface area contributed by atoms with Gasteiger partial charge in [-0.3, -0.25) is 4.90 Å². The molecule has 90 valence electrons. The van der Waals surface area contributed by atoms with Crippen LogP contribution in [0.1, 0.15) is 26.2 Å². The first-order chi connectivity index (χ1) is 6.92. The van der Waals surface area contributed by atoms with E-state index in [-0.39, 0.29) is 6.04 Å². The van der Waals surface area contributed by atoms with E-state index >= 15 is 0 Å². The Kier molecular flexibility index (Phi) is 4.40. The van der Waals surface area contributed by atoms with Crippen molar-refractivity contribution in [3.8, 4) is 0 Å². The second kappa shape index (κ2) is 5.16. The summed E-state index contributed by atoms with van der Waals surface area (Å²) in [5, 5.41) is 0. The number of nitrogens with zero attached hydrogens (tertiary/aromatic N) is 1. The van der Waals surface area contributed by atoms with Gasteiger partial charge >= 0.3 is 6.18 Å². The van der Waals surface area contributed by atoms with Crippen LogP contribution >= 0.6 is 0 Å². The van der Waals surface area contributed by atoms with Crippen molar-refractivity contribution in [2.24, 2.45) is 11.7 Å². The summed E-state index contributed by atoms with van der Waals surface area (Å²) in [6.07, 6.45) is -1.23. The molecule has 1 fully saturated rings. The summed E-state index contributed by atoms with van der Waals surface area (Å²) in [5.74, 6) is 0.456. The predicted molar refractivity (Wildman–Crippen MR) is 53.5 cm³/mol. The molecule has 0 saturated heterocycles. The van der Waals surface area contributed by atoms with Crippen LogP contribution in [0.15, 0.2) is 0 Å². The highest BCUT2D eigenvalue weighted by molar-refractivity contribution is 4.86. The molecule has 0 bridgehead atoms. The smallest absolute Gasteiger partial charge is 0.326 e. The maximum atomic E-state index is 12.2. The van der Waals surface area contributed by atoms with E-state index in [9.17, 15) is 13.2 Å². The van der Waals surface area contributed by atoms with Crippen molar-refractivity contribution in [2.75, 3.05) is 19.6 Å². The predicted octanol–water partition coefficient (Wildman–Crippen LogP) is 2.00. The zero-order chi connectivity index (χ0) is 11.5. The molecule has 1 atom stereocenters. The van der Waals surface area contributed by atoms with Crippen molar-refractivity contribution < 1.29 is 13.2 Å². The lowest BCUT2D eigenvalue weighted by Crippen LogP contribution is -2.43. The van der Waals surface area contributed by atoms with E-state index < -0.39 is 12.7 Å². The van der Waals surface area contributed by atoms with Gasteiger partial charge in [-0.2, -0.15) is 13.2 Å². The minimum atomic E-state index is -4.11. The van der Waals surface area contributed by atoms with Crippen LogP contribution in [0, 0.1) is 5.92 Å². The first-order valence-corrected chi connectivity index (χ1v) is 5.47. The number of rotatable bonds is 6. The summed E-state index contributed by atoms with van der Waals surface area (Å²) in [5.41, 5.74) is 5.82. The zero-order valence-corrected chi connectivity index (χ0v) is 9.06. The lowest BCUT2D eigenvalue weighted by atomic mass is 10.2. The fourth-order valence-corrected chi connectivity index (χ4v) is 1.78. The van der Waals surface area contributed by atoms with Crippen LogP contribution in [-0.4, -0.2) is 36.8 Å². The molecule has 0 amide bonds. The number of halogens is 3. The molecule has 15 heavy (non-hydrogen) atoms. The number of hydrogen-bond donors (Lipinski definition) is 1. The van der Waals surface area contributed by atoms with Crippen LogP contribution in [0.4, 0.5) is 13.2 Å². The van der Waals surface area contributed by atoms with E-state index in [1.54, 1.807) is 0 Å². The van der Waals surface area contributed by atoms with Crippen molar-refractivity contribution in [3.63, 3.8) is 0 Å². The normalized spacial score (nSPS) is 19.6. The minimum Gasteiger partial charge on any atom is -0.326 e. The average molecular weight is 224 g/mol. The van der Waals surface area contributed by atoms with Crippen LogP contribution in [0.5, 0.6) is 0 Å². The summed E-state index contributed by atoms with van der Waals surface area (Å²) < 4.78 is 36.6. The van der Waals surface area contributed by atoms with Crippen molar-refractivity contribution in [1.82, 2.24) is 4.90 Å². The Hall–Kier alpha value is -0.290. The second-order valence-corrected chi connectivity index (χ2v) is 4.35. The largest absolute Gasteiger partial charge is 0.401 e. The molecule has 0 aromatic carbocycles. The van der Waals surface area contributed by atoms with Gasteiger partial charge in [0.2, 0.25) is 0 Å². The summed E-state index contributed by atoms with van der Waals surface area (Å²) in [6, 6.07) is -0.0844. The van der Waals surface area contributed by atoms with Crippen molar-refractivity contribution in [3.05, 3.63) is 0 Å². The molecule has 1 aliphatic rings. The van der Waals surface area contributed by atoms with Gasteiger partial charge in [-0.15, -0.1) is 0 Å². The minimum absolute atomic E-state index is 0.0844. The average Bonchev–Trinajstić information content (AvgIpc) is 2.82. The standard InChI is InChI=1S/C10H19F3N2/c1-2-5-15(7-10(11,12)13)6-9(14)8-3-4-8/h8-9H,2-7,14H2,1H3. The van der Waals surface area contributed by atoms with Gasteiger partial charge in [-0.05, 0) is 31.7 Å². The number of alkyl halides is 3. The Morgan fingerprint density at radius 3 is 2.40 bits per heavy atom. The number of hydrogen-bond acceptors (Lipinski definition) is 2. The highest BCUT2D eigenvalue weighted by Gasteiger charge is 2.34. The van der Waals surface area contributed by atoms with Crippen LogP contribution in [0.3, 0.4) is 0 Å². The molecule has 1 rings (SSSR count). The summed E-state index contributed by atoms with van der Waals surface area (Å²) >= 11 is 0. The molecule has 0 heterocycles. The Morgan fingerprint density at radius 2 is 2.00 bits per heavy atom. The van der Waals surface area contributed by atoms with E-state index in [1.165, 1.54) is 4.90 Å². The van der Waals surface area contributed by atoms with Crippen molar-refractivity contribution in [2.45, 2.75) is 38.4 Å². The summed E-state index contributed by atoms with van der Waals surface area (Å²) in [6.45, 7) is 1.89. The van der Waals surface area contributed by atoms with Gasteiger partial charge < -0.3 is 5.73 Å². The Labute approximate surface area is 88.6 Å². The highest BCUT2D eigenvalue weighted by Crippen LogP contribution is 2.32. The van der Waals surface area contributed by atoms with Crippen LogP contribution in [-0.2, 0) is 0 Å². The maximum absolute atomic E-state index is 12.2. The molecule has 1 aliphatic carbocycles. The summed E-state index contributed by atoms with van der Waals surface area (Å²) in [4.78, 5) is 1.42. The van der Waals surface area contributed by atoms with Crippen LogP contribution in [0.25, 0.3) is 0 Å². The first-order valence-electron chi connectivity index (χ1n) is 5.47. The van der Waals surface area contributed by atoms with E-state index in [2.05, 4.69) is 0 Å². The molecule has 0 spiro atoms. The van der Waals surface area contributed by atoms with Crippen LogP contribution in [0.2, 0.25) is 0 Å². The molecule has 1 unspecified atom stereocenters. The summed E-state index contributed by atoms with van der Waals surface area (Å²) in [7, 11) is 0. The molecule has 0 aromatic rings. The highest BCUT2D eigenvalue weighted by atomic mass is 19.4.